The SMILES string of the molecule is C=CCC(CSC(C)CC)NN. The molecule has 0 bridgehead atoms. The van der Waals surface area contributed by atoms with Gasteiger partial charge in [0.05, 0.1) is 0 Å². The topological polar surface area (TPSA) is 38.0 Å². The van der Waals surface area contributed by atoms with E-state index in [1.165, 1.54) is 6.42 Å². The van der Waals surface area contributed by atoms with Crippen molar-refractivity contribution in [3.8, 4) is 0 Å². The summed E-state index contributed by atoms with van der Waals surface area (Å²) in [6.07, 6.45) is 4.07. The van der Waals surface area contributed by atoms with Crippen molar-refractivity contribution in [1.29, 1.82) is 0 Å². The molecule has 0 spiro atoms. The second-order valence-electron chi connectivity index (χ2n) is 2.94. The Morgan fingerprint density at radius 2 is 2.33 bits per heavy atom. The second kappa shape index (κ2) is 7.65. The highest BCUT2D eigenvalue weighted by Crippen LogP contribution is 2.15. The van der Waals surface area contributed by atoms with E-state index < -0.39 is 0 Å². The number of nitrogens with one attached hydrogen (secondary N) is 1. The van der Waals surface area contributed by atoms with Gasteiger partial charge in [-0.1, -0.05) is 19.9 Å². The minimum atomic E-state index is 0.376. The van der Waals surface area contributed by atoms with Gasteiger partial charge in [0.1, 0.15) is 0 Å². The number of nitrogens with two attached hydrogens (primary N) is 1. The molecule has 0 saturated carbocycles. The van der Waals surface area contributed by atoms with Crippen LogP contribution in [0.1, 0.15) is 26.7 Å². The first-order chi connectivity index (χ1) is 5.74. The molecule has 12 heavy (non-hydrogen) atoms. The summed E-state index contributed by atoms with van der Waals surface area (Å²) in [5.74, 6) is 6.44. The van der Waals surface area contributed by atoms with Crippen LogP contribution in [-0.2, 0) is 0 Å². The average molecular weight is 188 g/mol. The highest BCUT2D eigenvalue weighted by Gasteiger charge is 2.06. The summed E-state index contributed by atoms with van der Waals surface area (Å²) in [4.78, 5) is 0. The van der Waals surface area contributed by atoms with Crippen LogP contribution in [0, 0.1) is 0 Å². The van der Waals surface area contributed by atoms with Crippen molar-refractivity contribution < 1.29 is 0 Å². The molecule has 2 nitrogen and oxygen atoms in total. The van der Waals surface area contributed by atoms with Gasteiger partial charge in [0, 0.05) is 17.0 Å². The van der Waals surface area contributed by atoms with Crippen molar-refractivity contribution >= 4 is 11.8 Å². The average Bonchev–Trinajstić information content (AvgIpc) is 2.11. The minimum Gasteiger partial charge on any atom is -0.271 e. The van der Waals surface area contributed by atoms with Crippen LogP contribution in [0.5, 0.6) is 0 Å². The molecule has 2 atom stereocenters. The normalized spacial score (nSPS) is 15.6. The lowest BCUT2D eigenvalue weighted by molar-refractivity contribution is 0.584. The third-order valence-electron chi connectivity index (χ3n) is 1.84. The van der Waals surface area contributed by atoms with Crippen LogP contribution < -0.4 is 11.3 Å². The van der Waals surface area contributed by atoms with Gasteiger partial charge in [0.25, 0.3) is 0 Å². The Hall–Kier alpha value is 0.01000. The predicted molar refractivity (Wildman–Crippen MR) is 58.1 cm³/mol. The highest BCUT2D eigenvalue weighted by molar-refractivity contribution is 7.99. The van der Waals surface area contributed by atoms with E-state index in [-0.39, 0.29) is 0 Å². The summed E-state index contributed by atoms with van der Waals surface area (Å²) in [7, 11) is 0. The van der Waals surface area contributed by atoms with Crippen LogP contribution in [0.25, 0.3) is 0 Å². The van der Waals surface area contributed by atoms with E-state index in [0.29, 0.717) is 6.04 Å². The molecule has 0 aromatic rings. The van der Waals surface area contributed by atoms with Crippen LogP contribution in [0.15, 0.2) is 12.7 Å². The fraction of sp³-hybridized carbons (Fsp3) is 0.778. The maximum Gasteiger partial charge on any atom is 0.0335 e. The summed E-state index contributed by atoms with van der Waals surface area (Å²) in [5.41, 5.74) is 2.79. The Morgan fingerprint density at radius 3 is 2.75 bits per heavy atom. The summed E-state index contributed by atoms with van der Waals surface area (Å²) < 4.78 is 0. The molecule has 0 rings (SSSR count). The molecule has 2 unspecified atom stereocenters. The molecule has 0 aliphatic heterocycles. The summed E-state index contributed by atoms with van der Waals surface area (Å²) in [6.45, 7) is 8.14. The molecule has 0 heterocycles. The van der Waals surface area contributed by atoms with Crippen LogP contribution in [0.2, 0.25) is 0 Å². The molecule has 3 heteroatoms. The molecule has 0 radical (unpaired) electrons. The molecular formula is C9H20N2S. The second-order valence-corrected chi connectivity index (χ2v) is 4.41. The number of hydrogen-bond donors (Lipinski definition) is 2. The first-order valence-corrected chi connectivity index (χ1v) is 5.48. The van der Waals surface area contributed by atoms with Crippen LogP contribution >= 0.6 is 11.8 Å². The summed E-state index contributed by atoms with van der Waals surface area (Å²) >= 11 is 1.96. The zero-order valence-electron chi connectivity index (χ0n) is 8.05. The van der Waals surface area contributed by atoms with Gasteiger partial charge in [-0.2, -0.15) is 11.8 Å². The Balaban J connectivity index is 3.49. The van der Waals surface area contributed by atoms with Crippen LogP contribution in [0.4, 0.5) is 0 Å². The third kappa shape index (κ3) is 5.63. The van der Waals surface area contributed by atoms with Crippen molar-refractivity contribution in [3.63, 3.8) is 0 Å². The van der Waals surface area contributed by atoms with E-state index in [1.54, 1.807) is 0 Å². The molecule has 0 saturated heterocycles. The van der Waals surface area contributed by atoms with Crippen molar-refractivity contribution in [1.82, 2.24) is 5.43 Å². The first kappa shape index (κ1) is 12.0. The largest absolute Gasteiger partial charge is 0.271 e. The summed E-state index contributed by atoms with van der Waals surface area (Å²) in [6, 6.07) is 0.376. The fourth-order valence-electron chi connectivity index (χ4n) is 0.784. The van der Waals surface area contributed by atoms with Gasteiger partial charge in [-0.3, -0.25) is 11.3 Å². The van der Waals surface area contributed by atoms with Gasteiger partial charge >= 0.3 is 0 Å². The van der Waals surface area contributed by atoms with Gasteiger partial charge in [0.15, 0.2) is 0 Å². The van der Waals surface area contributed by atoms with Crippen molar-refractivity contribution in [3.05, 3.63) is 12.7 Å². The van der Waals surface area contributed by atoms with Crippen molar-refractivity contribution in [2.45, 2.75) is 38.0 Å². The minimum absolute atomic E-state index is 0.376. The van der Waals surface area contributed by atoms with Gasteiger partial charge in [-0.05, 0) is 12.8 Å². The van der Waals surface area contributed by atoms with E-state index in [9.17, 15) is 0 Å². The van der Waals surface area contributed by atoms with Crippen molar-refractivity contribution in [2.75, 3.05) is 5.75 Å². The standard InChI is InChI=1S/C9H20N2S/c1-4-6-9(11-10)7-12-8(3)5-2/h4,8-9,11H,1,5-7,10H2,2-3H3. The molecule has 0 aromatic carbocycles. The maximum absolute atomic E-state index is 5.38. The molecule has 72 valence electrons. The summed E-state index contributed by atoms with van der Waals surface area (Å²) in [5, 5.41) is 0.727. The van der Waals surface area contributed by atoms with Gasteiger partial charge in [-0.25, -0.2) is 0 Å². The number of rotatable bonds is 7. The lowest BCUT2D eigenvalue weighted by Gasteiger charge is -2.15. The quantitative estimate of drug-likeness (QED) is 0.364. The van der Waals surface area contributed by atoms with E-state index in [1.807, 2.05) is 17.8 Å². The zero-order chi connectivity index (χ0) is 9.40. The van der Waals surface area contributed by atoms with E-state index >= 15 is 0 Å². The zero-order valence-corrected chi connectivity index (χ0v) is 8.86. The maximum atomic E-state index is 5.38. The molecule has 0 fully saturated rings. The monoisotopic (exact) mass is 188 g/mol. The smallest absolute Gasteiger partial charge is 0.0335 e. The molecule has 0 amide bonds. The molecule has 0 aliphatic rings. The Morgan fingerprint density at radius 1 is 1.67 bits per heavy atom. The van der Waals surface area contributed by atoms with E-state index in [0.717, 1.165) is 17.4 Å². The Labute approximate surface area is 80.0 Å². The molecule has 0 aliphatic carbocycles. The Kier molecular flexibility index (Phi) is 7.65. The number of thioether (sulfide) groups is 1. The lowest BCUT2D eigenvalue weighted by atomic mass is 10.2. The molecule has 0 aromatic heterocycles. The molecular weight excluding hydrogens is 168 g/mol. The van der Waals surface area contributed by atoms with E-state index in [2.05, 4.69) is 25.9 Å². The fourth-order valence-corrected chi connectivity index (χ4v) is 1.81. The van der Waals surface area contributed by atoms with Gasteiger partial charge in [0.2, 0.25) is 0 Å². The molecule has 3 N–H and O–H groups in total. The van der Waals surface area contributed by atoms with Crippen LogP contribution in [0.3, 0.4) is 0 Å². The lowest BCUT2D eigenvalue weighted by Crippen LogP contribution is -2.36. The van der Waals surface area contributed by atoms with E-state index in [4.69, 9.17) is 5.84 Å². The number of hydrogen-bond acceptors (Lipinski definition) is 3. The number of hydrazine groups is 1. The van der Waals surface area contributed by atoms with Crippen molar-refractivity contribution in [2.24, 2.45) is 5.84 Å². The van der Waals surface area contributed by atoms with Crippen LogP contribution in [-0.4, -0.2) is 17.0 Å². The van der Waals surface area contributed by atoms with Gasteiger partial charge < -0.3 is 0 Å². The van der Waals surface area contributed by atoms with Gasteiger partial charge in [-0.15, -0.1) is 6.58 Å². The predicted octanol–water partition coefficient (Wildman–Crippen LogP) is 1.93. The highest BCUT2D eigenvalue weighted by atomic mass is 32.2. The third-order valence-corrected chi connectivity index (χ3v) is 3.34. The first-order valence-electron chi connectivity index (χ1n) is 4.43. The Bertz CT molecular complexity index is 117.